The summed E-state index contributed by atoms with van der Waals surface area (Å²) in [5.74, 6) is 0. The SMILES string of the molecule is CO[C@@H](C)CN1CCCc2cc3c(c(C)c21)CCNCC3. The topological polar surface area (TPSA) is 24.5 Å². The molecule has 1 N–H and O–H groups in total. The highest BCUT2D eigenvalue weighted by Crippen LogP contribution is 2.35. The number of nitrogens with zero attached hydrogens (tertiary/aromatic N) is 1. The van der Waals surface area contributed by atoms with E-state index in [-0.39, 0.29) is 6.10 Å². The first-order valence-electron chi connectivity index (χ1n) is 8.33. The van der Waals surface area contributed by atoms with Crippen LogP contribution in [0.5, 0.6) is 0 Å². The first-order chi connectivity index (χ1) is 10.2. The fourth-order valence-electron chi connectivity index (χ4n) is 3.89. The van der Waals surface area contributed by atoms with Gasteiger partial charge in [-0.2, -0.15) is 0 Å². The van der Waals surface area contributed by atoms with Gasteiger partial charge in [0.25, 0.3) is 0 Å². The van der Waals surface area contributed by atoms with E-state index < -0.39 is 0 Å². The van der Waals surface area contributed by atoms with E-state index in [0.717, 1.165) is 19.6 Å². The zero-order chi connectivity index (χ0) is 14.8. The lowest BCUT2D eigenvalue weighted by atomic mass is 9.89. The maximum Gasteiger partial charge on any atom is 0.0718 e. The Morgan fingerprint density at radius 1 is 1.24 bits per heavy atom. The van der Waals surface area contributed by atoms with E-state index in [4.69, 9.17) is 4.74 Å². The molecule has 3 rings (SSSR count). The highest BCUT2D eigenvalue weighted by atomic mass is 16.5. The van der Waals surface area contributed by atoms with Crippen LogP contribution in [-0.4, -0.2) is 39.4 Å². The van der Waals surface area contributed by atoms with Gasteiger partial charge in [0.05, 0.1) is 6.10 Å². The third kappa shape index (κ3) is 2.95. The fourth-order valence-corrected chi connectivity index (χ4v) is 3.89. The molecular weight excluding hydrogens is 260 g/mol. The number of fused-ring (bicyclic) bond motifs is 2. The minimum absolute atomic E-state index is 0.288. The predicted molar refractivity (Wildman–Crippen MR) is 88.5 cm³/mol. The molecule has 0 radical (unpaired) electrons. The van der Waals surface area contributed by atoms with E-state index in [9.17, 15) is 0 Å². The lowest BCUT2D eigenvalue weighted by Crippen LogP contribution is -2.36. The Bertz CT molecular complexity index is 512. The van der Waals surface area contributed by atoms with E-state index in [1.165, 1.54) is 43.5 Å². The lowest BCUT2D eigenvalue weighted by molar-refractivity contribution is 0.123. The van der Waals surface area contributed by atoms with Crippen LogP contribution in [0.15, 0.2) is 6.07 Å². The zero-order valence-electron chi connectivity index (χ0n) is 13.7. The number of hydrogen-bond donors (Lipinski definition) is 1. The van der Waals surface area contributed by atoms with Gasteiger partial charge in [0, 0.05) is 25.9 Å². The average Bonchev–Trinajstić information content (AvgIpc) is 2.73. The van der Waals surface area contributed by atoms with Crippen molar-refractivity contribution in [1.29, 1.82) is 0 Å². The highest BCUT2D eigenvalue weighted by Gasteiger charge is 2.24. The van der Waals surface area contributed by atoms with Gasteiger partial charge in [-0.25, -0.2) is 0 Å². The molecular formula is C18H28N2O. The number of nitrogens with one attached hydrogen (secondary N) is 1. The molecule has 1 aromatic carbocycles. The third-order valence-corrected chi connectivity index (χ3v) is 5.04. The van der Waals surface area contributed by atoms with Gasteiger partial charge in [-0.15, -0.1) is 0 Å². The number of aryl methyl sites for hydroxylation is 1. The van der Waals surface area contributed by atoms with Crippen molar-refractivity contribution in [2.75, 3.05) is 38.2 Å². The van der Waals surface area contributed by atoms with Crippen LogP contribution in [0.3, 0.4) is 0 Å². The van der Waals surface area contributed by atoms with Crippen LogP contribution in [0, 0.1) is 6.92 Å². The number of ether oxygens (including phenoxy) is 1. The van der Waals surface area contributed by atoms with Gasteiger partial charge in [-0.05, 0) is 74.9 Å². The summed E-state index contributed by atoms with van der Waals surface area (Å²) in [4.78, 5) is 2.56. The molecule has 3 nitrogen and oxygen atoms in total. The first kappa shape index (κ1) is 14.9. The number of hydrogen-bond acceptors (Lipinski definition) is 3. The second-order valence-electron chi connectivity index (χ2n) is 6.49. The molecule has 3 heteroatoms. The molecule has 2 aliphatic rings. The van der Waals surface area contributed by atoms with Gasteiger partial charge >= 0.3 is 0 Å². The van der Waals surface area contributed by atoms with Gasteiger partial charge in [-0.1, -0.05) is 6.07 Å². The van der Waals surface area contributed by atoms with Gasteiger partial charge < -0.3 is 15.0 Å². The molecule has 0 saturated heterocycles. The van der Waals surface area contributed by atoms with Crippen LogP contribution in [0.25, 0.3) is 0 Å². The minimum atomic E-state index is 0.288. The van der Waals surface area contributed by atoms with Gasteiger partial charge in [-0.3, -0.25) is 0 Å². The summed E-state index contributed by atoms with van der Waals surface area (Å²) in [5, 5.41) is 3.53. The quantitative estimate of drug-likeness (QED) is 0.925. The molecule has 2 heterocycles. The molecule has 116 valence electrons. The Labute approximate surface area is 128 Å². The third-order valence-electron chi connectivity index (χ3n) is 5.04. The Balaban J connectivity index is 1.99. The van der Waals surface area contributed by atoms with E-state index in [1.807, 2.05) is 7.11 Å². The van der Waals surface area contributed by atoms with Crippen molar-refractivity contribution in [3.63, 3.8) is 0 Å². The van der Waals surface area contributed by atoms with Crippen molar-refractivity contribution in [3.8, 4) is 0 Å². The second kappa shape index (κ2) is 6.37. The molecule has 0 aromatic heterocycles. The summed E-state index contributed by atoms with van der Waals surface area (Å²) in [5.41, 5.74) is 7.76. The molecule has 1 aromatic rings. The van der Waals surface area contributed by atoms with Crippen LogP contribution in [-0.2, 0) is 24.0 Å². The minimum Gasteiger partial charge on any atom is -0.380 e. The second-order valence-corrected chi connectivity index (χ2v) is 6.49. The first-order valence-corrected chi connectivity index (χ1v) is 8.33. The number of rotatable bonds is 3. The normalized spacial score (nSPS) is 19.7. The molecule has 1 atom stereocenters. The molecule has 0 unspecified atom stereocenters. The smallest absolute Gasteiger partial charge is 0.0718 e. The van der Waals surface area contributed by atoms with Gasteiger partial charge in [0.2, 0.25) is 0 Å². The molecule has 0 amide bonds. The largest absolute Gasteiger partial charge is 0.380 e. The number of methoxy groups -OCH3 is 1. The maximum atomic E-state index is 5.49. The summed E-state index contributed by atoms with van der Waals surface area (Å²) in [7, 11) is 1.81. The van der Waals surface area contributed by atoms with Crippen LogP contribution < -0.4 is 10.2 Å². The van der Waals surface area contributed by atoms with E-state index in [1.54, 1.807) is 16.7 Å². The van der Waals surface area contributed by atoms with Crippen LogP contribution >= 0.6 is 0 Å². The Morgan fingerprint density at radius 3 is 2.86 bits per heavy atom. The predicted octanol–water partition coefficient (Wildman–Crippen LogP) is 2.47. The van der Waals surface area contributed by atoms with E-state index in [0.29, 0.717) is 0 Å². The Hall–Kier alpha value is -1.06. The molecule has 0 fully saturated rings. The standard InChI is InChI=1S/C18H28N2O/c1-13(21-3)12-20-10-4-5-16-11-15-6-8-19-9-7-17(15)14(2)18(16)20/h11,13,19H,4-10,12H2,1-3H3/t13-/m0/s1. The van der Waals surface area contributed by atoms with Crippen LogP contribution in [0.2, 0.25) is 0 Å². The van der Waals surface area contributed by atoms with Crippen molar-refractivity contribution < 1.29 is 4.74 Å². The summed E-state index contributed by atoms with van der Waals surface area (Å²) in [6.45, 7) is 8.90. The molecule has 21 heavy (non-hydrogen) atoms. The van der Waals surface area contributed by atoms with Crippen molar-refractivity contribution in [2.45, 2.75) is 45.6 Å². The zero-order valence-corrected chi connectivity index (χ0v) is 13.7. The molecule has 0 saturated carbocycles. The number of benzene rings is 1. The lowest BCUT2D eigenvalue weighted by Gasteiger charge is -2.35. The summed E-state index contributed by atoms with van der Waals surface area (Å²) >= 11 is 0. The maximum absolute atomic E-state index is 5.49. The fraction of sp³-hybridized carbons (Fsp3) is 0.667. The van der Waals surface area contributed by atoms with Crippen LogP contribution in [0.1, 0.15) is 35.6 Å². The Kier molecular flexibility index (Phi) is 4.51. The van der Waals surface area contributed by atoms with Crippen molar-refractivity contribution in [3.05, 3.63) is 28.3 Å². The van der Waals surface area contributed by atoms with E-state index >= 15 is 0 Å². The molecule has 0 bridgehead atoms. The van der Waals surface area contributed by atoms with Crippen molar-refractivity contribution in [1.82, 2.24) is 5.32 Å². The summed E-state index contributed by atoms with van der Waals surface area (Å²) in [6.07, 6.45) is 5.13. The van der Waals surface area contributed by atoms with Gasteiger partial charge in [0.15, 0.2) is 0 Å². The van der Waals surface area contributed by atoms with Gasteiger partial charge in [0.1, 0.15) is 0 Å². The monoisotopic (exact) mass is 288 g/mol. The van der Waals surface area contributed by atoms with Crippen molar-refractivity contribution in [2.24, 2.45) is 0 Å². The summed E-state index contributed by atoms with van der Waals surface area (Å²) in [6, 6.07) is 2.49. The summed E-state index contributed by atoms with van der Waals surface area (Å²) < 4.78 is 5.49. The average molecular weight is 288 g/mol. The molecule has 0 spiro atoms. The highest BCUT2D eigenvalue weighted by molar-refractivity contribution is 5.65. The molecule has 0 aliphatic carbocycles. The number of anilines is 1. The van der Waals surface area contributed by atoms with Crippen molar-refractivity contribution >= 4 is 5.69 Å². The molecule has 2 aliphatic heterocycles. The van der Waals surface area contributed by atoms with E-state index in [2.05, 4.69) is 30.1 Å². The Morgan fingerprint density at radius 2 is 2.05 bits per heavy atom. The van der Waals surface area contributed by atoms with Crippen LogP contribution in [0.4, 0.5) is 5.69 Å².